The van der Waals surface area contributed by atoms with Gasteiger partial charge in [0.15, 0.2) is 5.82 Å². The fourth-order valence-electron chi connectivity index (χ4n) is 3.30. The van der Waals surface area contributed by atoms with E-state index in [0.717, 1.165) is 57.3 Å². The van der Waals surface area contributed by atoms with Gasteiger partial charge in [0, 0.05) is 58.6 Å². The molecule has 0 N–H and O–H groups in total. The van der Waals surface area contributed by atoms with Crippen molar-refractivity contribution in [2.45, 2.75) is 0 Å². The van der Waals surface area contributed by atoms with Crippen molar-refractivity contribution in [3.05, 3.63) is 30.6 Å². The SMILES string of the molecule is O=CN1CCN(c2nncc(N3CCN(c4ccccn4)CC3)n2)CC1. The molecule has 2 fully saturated rings. The van der Waals surface area contributed by atoms with Gasteiger partial charge in [0.1, 0.15) is 5.82 Å². The quantitative estimate of drug-likeness (QED) is 0.703. The monoisotopic (exact) mass is 354 g/mol. The molecule has 0 saturated carbocycles. The Labute approximate surface area is 152 Å². The van der Waals surface area contributed by atoms with Gasteiger partial charge < -0.3 is 19.6 Å². The Morgan fingerprint density at radius 1 is 0.846 bits per heavy atom. The van der Waals surface area contributed by atoms with Crippen molar-refractivity contribution >= 4 is 24.0 Å². The predicted octanol–water partition coefficient (Wildman–Crippen LogP) is -0.128. The summed E-state index contributed by atoms with van der Waals surface area (Å²) in [4.78, 5) is 28.3. The van der Waals surface area contributed by atoms with E-state index in [0.29, 0.717) is 19.0 Å². The highest BCUT2D eigenvalue weighted by atomic mass is 16.1. The number of aromatic nitrogens is 4. The Balaban J connectivity index is 1.39. The minimum Gasteiger partial charge on any atom is -0.353 e. The van der Waals surface area contributed by atoms with Gasteiger partial charge in [0.2, 0.25) is 12.4 Å². The number of anilines is 3. The first kappa shape index (κ1) is 16.5. The fourth-order valence-corrected chi connectivity index (χ4v) is 3.30. The second-order valence-electron chi connectivity index (χ2n) is 6.41. The van der Waals surface area contributed by atoms with Crippen molar-refractivity contribution < 1.29 is 4.79 Å². The Kier molecular flexibility index (Phi) is 4.76. The lowest BCUT2D eigenvalue weighted by Gasteiger charge is -2.36. The van der Waals surface area contributed by atoms with Crippen LogP contribution in [0.25, 0.3) is 0 Å². The third-order valence-corrected chi connectivity index (χ3v) is 4.86. The van der Waals surface area contributed by atoms with Crippen LogP contribution in [0.3, 0.4) is 0 Å². The number of hydrogen-bond acceptors (Lipinski definition) is 8. The zero-order valence-electron chi connectivity index (χ0n) is 14.6. The van der Waals surface area contributed by atoms with E-state index in [1.807, 2.05) is 24.4 Å². The van der Waals surface area contributed by atoms with Crippen molar-refractivity contribution in [1.82, 2.24) is 25.1 Å². The molecule has 4 heterocycles. The average molecular weight is 354 g/mol. The maximum atomic E-state index is 10.8. The molecule has 0 aromatic carbocycles. The standard InChI is InChI=1S/C17H22N8O/c26-14-22-5-7-25(8-6-22)17-20-16(13-19-21-17)24-11-9-23(10-12-24)15-3-1-2-4-18-15/h1-4,13-14H,5-12H2. The van der Waals surface area contributed by atoms with E-state index in [1.165, 1.54) is 0 Å². The molecule has 2 aromatic heterocycles. The molecule has 4 rings (SSSR count). The summed E-state index contributed by atoms with van der Waals surface area (Å²) >= 11 is 0. The summed E-state index contributed by atoms with van der Waals surface area (Å²) in [5.74, 6) is 2.51. The number of carbonyl (C=O) groups is 1. The van der Waals surface area contributed by atoms with E-state index in [9.17, 15) is 4.79 Å². The first-order valence-corrected chi connectivity index (χ1v) is 8.88. The molecule has 136 valence electrons. The third-order valence-electron chi connectivity index (χ3n) is 4.86. The summed E-state index contributed by atoms with van der Waals surface area (Å²) in [5.41, 5.74) is 0. The minimum absolute atomic E-state index is 0.639. The van der Waals surface area contributed by atoms with Gasteiger partial charge in [-0.1, -0.05) is 6.07 Å². The van der Waals surface area contributed by atoms with Crippen LogP contribution in [0.2, 0.25) is 0 Å². The summed E-state index contributed by atoms with van der Waals surface area (Å²) in [6.45, 7) is 6.39. The van der Waals surface area contributed by atoms with Gasteiger partial charge >= 0.3 is 0 Å². The topological polar surface area (TPSA) is 81.6 Å². The van der Waals surface area contributed by atoms with Crippen molar-refractivity contribution in [3.8, 4) is 0 Å². The van der Waals surface area contributed by atoms with Gasteiger partial charge in [0.05, 0.1) is 6.20 Å². The van der Waals surface area contributed by atoms with Crippen LogP contribution in [0.4, 0.5) is 17.6 Å². The molecule has 0 bridgehead atoms. The van der Waals surface area contributed by atoms with Crippen LogP contribution in [0.1, 0.15) is 0 Å². The highest BCUT2D eigenvalue weighted by molar-refractivity contribution is 5.49. The van der Waals surface area contributed by atoms with E-state index in [1.54, 1.807) is 11.1 Å². The van der Waals surface area contributed by atoms with Gasteiger partial charge in [-0.2, -0.15) is 10.1 Å². The summed E-state index contributed by atoms with van der Waals surface area (Å²) in [6.07, 6.45) is 4.45. The number of carbonyl (C=O) groups excluding carboxylic acids is 1. The number of piperazine rings is 2. The second kappa shape index (κ2) is 7.51. The summed E-state index contributed by atoms with van der Waals surface area (Å²) in [5, 5.41) is 8.33. The van der Waals surface area contributed by atoms with Crippen molar-refractivity contribution in [2.24, 2.45) is 0 Å². The molecule has 26 heavy (non-hydrogen) atoms. The molecule has 2 aliphatic rings. The van der Waals surface area contributed by atoms with Crippen LogP contribution in [0.15, 0.2) is 30.6 Å². The van der Waals surface area contributed by atoms with Crippen LogP contribution in [-0.2, 0) is 4.79 Å². The maximum Gasteiger partial charge on any atom is 0.247 e. The van der Waals surface area contributed by atoms with E-state index >= 15 is 0 Å². The molecule has 0 radical (unpaired) electrons. The number of rotatable bonds is 4. The van der Waals surface area contributed by atoms with Crippen molar-refractivity contribution in [3.63, 3.8) is 0 Å². The van der Waals surface area contributed by atoms with Gasteiger partial charge in [-0.15, -0.1) is 5.10 Å². The lowest BCUT2D eigenvalue weighted by atomic mass is 10.3. The molecule has 0 spiro atoms. The highest BCUT2D eigenvalue weighted by Gasteiger charge is 2.22. The van der Waals surface area contributed by atoms with Gasteiger partial charge in [-0.05, 0) is 12.1 Å². The van der Waals surface area contributed by atoms with E-state index < -0.39 is 0 Å². The largest absolute Gasteiger partial charge is 0.353 e. The Bertz CT molecular complexity index is 727. The Morgan fingerprint density at radius 2 is 1.54 bits per heavy atom. The molecule has 9 nitrogen and oxygen atoms in total. The number of pyridine rings is 1. The van der Waals surface area contributed by atoms with Crippen LogP contribution in [-0.4, -0.2) is 83.8 Å². The number of hydrogen-bond donors (Lipinski definition) is 0. The molecule has 1 amide bonds. The van der Waals surface area contributed by atoms with Crippen molar-refractivity contribution in [2.75, 3.05) is 67.1 Å². The summed E-state index contributed by atoms with van der Waals surface area (Å²) in [6, 6.07) is 5.99. The highest BCUT2D eigenvalue weighted by Crippen LogP contribution is 2.19. The van der Waals surface area contributed by atoms with E-state index in [2.05, 4.69) is 29.9 Å². The van der Waals surface area contributed by atoms with E-state index in [-0.39, 0.29) is 0 Å². The first-order valence-electron chi connectivity index (χ1n) is 8.88. The van der Waals surface area contributed by atoms with Gasteiger partial charge in [0.25, 0.3) is 0 Å². The summed E-state index contributed by atoms with van der Waals surface area (Å²) < 4.78 is 0. The molecule has 9 heteroatoms. The maximum absolute atomic E-state index is 10.8. The molecule has 0 atom stereocenters. The lowest BCUT2D eigenvalue weighted by molar-refractivity contribution is -0.118. The van der Waals surface area contributed by atoms with Gasteiger partial charge in [-0.25, -0.2) is 4.98 Å². The predicted molar refractivity (Wildman–Crippen MR) is 98.3 cm³/mol. The lowest BCUT2D eigenvalue weighted by Crippen LogP contribution is -2.48. The van der Waals surface area contributed by atoms with Crippen LogP contribution in [0.5, 0.6) is 0 Å². The normalized spacial score (nSPS) is 18.2. The third kappa shape index (κ3) is 3.51. The summed E-state index contributed by atoms with van der Waals surface area (Å²) in [7, 11) is 0. The van der Waals surface area contributed by atoms with E-state index in [4.69, 9.17) is 4.98 Å². The Hall–Kier alpha value is -2.97. The molecular formula is C17H22N8O. The van der Waals surface area contributed by atoms with Crippen LogP contribution in [0, 0.1) is 0 Å². The molecule has 2 aromatic rings. The molecular weight excluding hydrogens is 332 g/mol. The Morgan fingerprint density at radius 3 is 2.19 bits per heavy atom. The molecule has 0 aliphatic carbocycles. The molecule has 2 aliphatic heterocycles. The first-order chi connectivity index (χ1) is 12.8. The molecule has 0 unspecified atom stereocenters. The smallest absolute Gasteiger partial charge is 0.247 e. The zero-order chi connectivity index (χ0) is 17.8. The van der Waals surface area contributed by atoms with Crippen LogP contribution < -0.4 is 14.7 Å². The fraction of sp³-hybridized carbons (Fsp3) is 0.471. The molecule has 2 saturated heterocycles. The zero-order valence-corrected chi connectivity index (χ0v) is 14.6. The minimum atomic E-state index is 0.639. The van der Waals surface area contributed by atoms with Crippen LogP contribution >= 0.6 is 0 Å². The average Bonchev–Trinajstić information content (AvgIpc) is 2.75. The number of nitrogens with zero attached hydrogens (tertiary/aromatic N) is 8. The van der Waals surface area contributed by atoms with Gasteiger partial charge in [-0.3, -0.25) is 4.79 Å². The van der Waals surface area contributed by atoms with Crippen molar-refractivity contribution in [1.29, 1.82) is 0 Å². The second-order valence-corrected chi connectivity index (χ2v) is 6.41. The number of amides is 1.